The number of rotatable bonds is 7. The molecule has 0 saturated carbocycles. The predicted molar refractivity (Wildman–Crippen MR) is 102 cm³/mol. The quantitative estimate of drug-likeness (QED) is 0.762. The van der Waals surface area contributed by atoms with Crippen LogP contribution >= 0.6 is 0 Å². The standard InChI is InChI=1S/C21H28N2O3/c1-2-26-16-8-15-22-20(25)21-13-7-6-11-18(21)23(19(24)12-14-21)17-9-4-3-5-10-17/h3-5,9-11H,2,6-8,12-16H2,1H3,(H,22,25). The average Bonchev–Trinajstić information content (AvgIpc) is 2.68. The molecule has 5 nitrogen and oxygen atoms in total. The lowest BCUT2D eigenvalue weighted by Gasteiger charge is -2.45. The molecule has 2 amide bonds. The topological polar surface area (TPSA) is 58.6 Å². The number of carbonyl (C=O) groups is 2. The van der Waals surface area contributed by atoms with Gasteiger partial charge in [-0.2, -0.15) is 0 Å². The van der Waals surface area contributed by atoms with Crippen molar-refractivity contribution in [2.45, 2.75) is 45.4 Å². The van der Waals surface area contributed by atoms with Crippen molar-refractivity contribution in [3.63, 3.8) is 0 Å². The van der Waals surface area contributed by atoms with Crippen LogP contribution in [-0.2, 0) is 14.3 Å². The molecule has 0 spiro atoms. The molecule has 3 rings (SSSR count). The number of anilines is 1. The number of fused-ring (bicyclic) bond motifs is 1. The second-order valence-electron chi connectivity index (χ2n) is 6.93. The Morgan fingerprint density at radius 3 is 2.85 bits per heavy atom. The van der Waals surface area contributed by atoms with Gasteiger partial charge in [0.2, 0.25) is 11.8 Å². The van der Waals surface area contributed by atoms with E-state index in [0.29, 0.717) is 32.6 Å². The molecule has 1 aliphatic carbocycles. The van der Waals surface area contributed by atoms with Crippen molar-refractivity contribution in [3.05, 3.63) is 42.1 Å². The van der Waals surface area contributed by atoms with Crippen LogP contribution in [0.2, 0.25) is 0 Å². The second kappa shape index (κ2) is 8.49. The lowest BCUT2D eigenvalue weighted by atomic mass is 9.69. The number of carbonyl (C=O) groups excluding carboxylic acids is 2. The van der Waals surface area contributed by atoms with Gasteiger partial charge in [0.25, 0.3) is 0 Å². The summed E-state index contributed by atoms with van der Waals surface area (Å²) in [5.74, 6) is 0.123. The molecule has 0 aromatic heterocycles. The maximum absolute atomic E-state index is 13.1. The fraction of sp³-hybridized carbons (Fsp3) is 0.524. The van der Waals surface area contributed by atoms with E-state index in [2.05, 4.69) is 11.4 Å². The number of nitrogens with one attached hydrogen (secondary N) is 1. The van der Waals surface area contributed by atoms with E-state index in [0.717, 1.165) is 37.1 Å². The maximum atomic E-state index is 13.1. The predicted octanol–water partition coefficient (Wildman–Crippen LogP) is 3.41. The van der Waals surface area contributed by atoms with Crippen LogP contribution in [0.25, 0.3) is 0 Å². The second-order valence-corrected chi connectivity index (χ2v) is 6.93. The lowest BCUT2D eigenvalue weighted by Crippen LogP contribution is -2.53. The van der Waals surface area contributed by atoms with Gasteiger partial charge in [0, 0.05) is 37.6 Å². The Bertz CT molecular complexity index is 671. The van der Waals surface area contributed by atoms with E-state index in [1.54, 1.807) is 4.90 Å². The Hall–Kier alpha value is -2.14. The van der Waals surface area contributed by atoms with E-state index in [9.17, 15) is 9.59 Å². The summed E-state index contributed by atoms with van der Waals surface area (Å²) < 4.78 is 5.34. The summed E-state index contributed by atoms with van der Waals surface area (Å²) in [6.45, 7) is 3.92. The number of amides is 2. The van der Waals surface area contributed by atoms with E-state index in [1.807, 2.05) is 37.3 Å². The Morgan fingerprint density at radius 1 is 1.27 bits per heavy atom. The molecular weight excluding hydrogens is 328 g/mol. The van der Waals surface area contributed by atoms with Gasteiger partial charge in [-0.05, 0) is 51.2 Å². The first-order valence-corrected chi connectivity index (χ1v) is 9.64. The summed E-state index contributed by atoms with van der Waals surface area (Å²) in [5.41, 5.74) is 1.13. The molecule has 140 valence electrons. The van der Waals surface area contributed by atoms with E-state index in [-0.39, 0.29) is 11.8 Å². The summed E-state index contributed by atoms with van der Waals surface area (Å²) in [6, 6.07) is 9.66. The Morgan fingerprint density at radius 2 is 2.08 bits per heavy atom. The Labute approximate surface area is 155 Å². The first-order chi connectivity index (χ1) is 12.7. The Kier molecular flexibility index (Phi) is 6.09. The summed E-state index contributed by atoms with van der Waals surface area (Å²) in [4.78, 5) is 27.6. The van der Waals surface area contributed by atoms with Crippen molar-refractivity contribution in [2.24, 2.45) is 5.41 Å². The molecule has 1 aliphatic heterocycles. The number of hydrogen-bond acceptors (Lipinski definition) is 3. The minimum atomic E-state index is -0.590. The fourth-order valence-electron chi connectivity index (χ4n) is 3.98. The zero-order valence-electron chi connectivity index (χ0n) is 15.5. The molecule has 1 fully saturated rings. The van der Waals surface area contributed by atoms with Crippen molar-refractivity contribution in [2.75, 3.05) is 24.7 Å². The van der Waals surface area contributed by atoms with Crippen LogP contribution in [0.5, 0.6) is 0 Å². The number of ether oxygens (including phenoxy) is 1. The molecule has 1 saturated heterocycles. The molecule has 1 unspecified atom stereocenters. The molecule has 1 heterocycles. The molecule has 5 heteroatoms. The summed E-state index contributed by atoms with van der Waals surface area (Å²) in [7, 11) is 0. The van der Waals surface area contributed by atoms with Gasteiger partial charge in [0.15, 0.2) is 0 Å². The van der Waals surface area contributed by atoms with Crippen LogP contribution < -0.4 is 10.2 Å². The fourth-order valence-corrected chi connectivity index (χ4v) is 3.98. The molecule has 1 N–H and O–H groups in total. The molecule has 2 aliphatic rings. The van der Waals surface area contributed by atoms with E-state index in [1.165, 1.54) is 0 Å². The van der Waals surface area contributed by atoms with Gasteiger partial charge < -0.3 is 10.1 Å². The van der Waals surface area contributed by atoms with Crippen molar-refractivity contribution in [3.8, 4) is 0 Å². The van der Waals surface area contributed by atoms with Crippen LogP contribution in [0, 0.1) is 5.41 Å². The molecular formula is C21H28N2O3. The first kappa shape index (κ1) is 18.6. The number of benzene rings is 1. The number of hydrogen-bond donors (Lipinski definition) is 1. The Balaban J connectivity index is 1.81. The van der Waals surface area contributed by atoms with Crippen LogP contribution in [0.15, 0.2) is 42.1 Å². The maximum Gasteiger partial charge on any atom is 0.232 e. The van der Waals surface area contributed by atoms with Crippen LogP contribution in [0.3, 0.4) is 0 Å². The van der Waals surface area contributed by atoms with Gasteiger partial charge in [-0.3, -0.25) is 14.5 Å². The third kappa shape index (κ3) is 3.68. The SMILES string of the molecule is CCOCCCNC(=O)C12CCCC=C1N(c1ccccc1)C(=O)CC2. The summed E-state index contributed by atoms with van der Waals surface area (Å²) in [5, 5.41) is 3.09. The number of allylic oxidation sites excluding steroid dienone is 1. The van der Waals surface area contributed by atoms with Crippen molar-refractivity contribution >= 4 is 17.5 Å². The van der Waals surface area contributed by atoms with Crippen molar-refractivity contribution < 1.29 is 14.3 Å². The van der Waals surface area contributed by atoms with Gasteiger partial charge in [-0.15, -0.1) is 0 Å². The molecule has 0 radical (unpaired) electrons. The first-order valence-electron chi connectivity index (χ1n) is 9.64. The van der Waals surface area contributed by atoms with Crippen LogP contribution in [0.4, 0.5) is 5.69 Å². The third-order valence-electron chi connectivity index (χ3n) is 5.30. The van der Waals surface area contributed by atoms with Crippen molar-refractivity contribution in [1.29, 1.82) is 0 Å². The third-order valence-corrected chi connectivity index (χ3v) is 5.30. The van der Waals surface area contributed by atoms with Gasteiger partial charge in [0.1, 0.15) is 0 Å². The van der Waals surface area contributed by atoms with Gasteiger partial charge >= 0.3 is 0 Å². The minimum absolute atomic E-state index is 0.0494. The average molecular weight is 356 g/mol. The molecule has 0 bridgehead atoms. The minimum Gasteiger partial charge on any atom is -0.382 e. The monoisotopic (exact) mass is 356 g/mol. The molecule has 1 atom stereocenters. The van der Waals surface area contributed by atoms with Gasteiger partial charge in [0.05, 0.1) is 5.41 Å². The highest BCUT2D eigenvalue weighted by atomic mass is 16.5. The van der Waals surface area contributed by atoms with Crippen molar-refractivity contribution in [1.82, 2.24) is 5.32 Å². The highest BCUT2D eigenvalue weighted by molar-refractivity contribution is 6.02. The lowest BCUT2D eigenvalue weighted by molar-refractivity contribution is -0.132. The van der Waals surface area contributed by atoms with Gasteiger partial charge in [-0.1, -0.05) is 24.3 Å². The summed E-state index contributed by atoms with van der Waals surface area (Å²) in [6.07, 6.45) is 6.57. The van der Waals surface area contributed by atoms with Crippen LogP contribution in [-0.4, -0.2) is 31.6 Å². The zero-order chi connectivity index (χ0) is 18.4. The highest BCUT2D eigenvalue weighted by Gasteiger charge is 2.49. The van der Waals surface area contributed by atoms with Gasteiger partial charge in [-0.25, -0.2) is 0 Å². The molecule has 1 aromatic rings. The summed E-state index contributed by atoms with van der Waals surface area (Å²) >= 11 is 0. The van der Waals surface area contributed by atoms with E-state index >= 15 is 0 Å². The van der Waals surface area contributed by atoms with E-state index < -0.39 is 5.41 Å². The smallest absolute Gasteiger partial charge is 0.232 e. The van der Waals surface area contributed by atoms with E-state index in [4.69, 9.17) is 4.74 Å². The largest absolute Gasteiger partial charge is 0.382 e. The van der Waals surface area contributed by atoms with Crippen LogP contribution in [0.1, 0.15) is 45.4 Å². The number of para-hydroxylation sites is 1. The number of piperidine rings is 1. The molecule has 1 aromatic carbocycles. The number of nitrogens with zero attached hydrogens (tertiary/aromatic N) is 1. The molecule has 26 heavy (non-hydrogen) atoms. The highest BCUT2D eigenvalue weighted by Crippen LogP contribution is 2.48. The normalized spacial score (nSPS) is 22.6. The zero-order valence-corrected chi connectivity index (χ0v) is 15.5.